The minimum Gasteiger partial charge on any atom is -0.507 e. The number of hydrogen-bond acceptors (Lipinski definition) is 2. The van der Waals surface area contributed by atoms with E-state index in [1.807, 2.05) is 12.1 Å². The van der Waals surface area contributed by atoms with Crippen molar-refractivity contribution in [3.05, 3.63) is 28.8 Å². The number of carbonyl (C=O) groups is 1. The third-order valence-corrected chi connectivity index (χ3v) is 5.50. The number of phenols is 1. The highest BCUT2D eigenvalue weighted by molar-refractivity contribution is 5.67. The number of rotatable bonds is 7. The lowest BCUT2D eigenvalue weighted by atomic mass is 9.86. The first kappa shape index (κ1) is 15.4. The summed E-state index contributed by atoms with van der Waals surface area (Å²) in [5.74, 6) is 1.82. The molecular weight excluding hydrogens is 276 g/mol. The van der Waals surface area contributed by atoms with Crippen LogP contribution in [-0.4, -0.2) is 16.2 Å². The predicted octanol–water partition coefficient (Wildman–Crippen LogP) is 4.44. The number of carboxylic acids is 1. The van der Waals surface area contributed by atoms with Crippen molar-refractivity contribution in [2.24, 2.45) is 11.8 Å². The van der Waals surface area contributed by atoms with Crippen molar-refractivity contribution in [3.63, 3.8) is 0 Å². The van der Waals surface area contributed by atoms with Gasteiger partial charge in [0.1, 0.15) is 5.75 Å². The summed E-state index contributed by atoms with van der Waals surface area (Å²) in [6, 6.07) is 4.09. The number of aliphatic carboxylic acids is 1. The molecule has 2 fully saturated rings. The van der Waals surface area contributed by atoms with Gasteiger partial charge in [0, 0.05) is 6.42 Å². The fourth-order valence-electron chi connectivity index (χ4n) is 3.53. The molecule has 2 aliphatic carbocycles. The normalized spacial score (nSPS) is 20.6. The Morgan fingerprint density at radius 3 is 1.91 bits per heavy atom. The molecule has 0 spiro atoms. The Bertz CT molecular complexity index is 531. The molecule has 2 saturated carbocycles. The lowest BCUT2D eigenvalue weighted by Crippen LogP contribution is -2.05. The third-order valence-electron chi connectivity index (χ3n) is 5.50. The van der Waals surface area contributed by atoms with Crippen molar-refractivity contribution in [2.45, 2.75) is 64.2 Å². The molecule has 0 aromatic heterocycles. The Balaban J connectivity index is 1.93. The zero-order chi connectivity index (χ0) is 15.9. The van der Waals surface area contributed by atoms with E-state index >= 15 is 0 Å². The van der Waals surface area contributed by atoms with Gasteiger partial charge in [-0.05, 0) is 72.5 Å². The van der Waals surface area contributed by atoms with E-state index in [9.17, 15) is 9.90 Å². The van der Waals surface area contributed by atoms with Crippen LogP contribution in [0.1, 0.15) is 74.5 Å². The lowest BCUT2D eigenvalue weighted by molar-refractivity contribution is -0.136. The predicted molar refractivity (Wildman–Crippen MR) is 86.3 cm³/mol. The van der Waals surface area contributed by atoms with Gasteiger partial charge in [-0.3, -0.25) is 4.79 Å². The van der Waals surface area contributed by atoms with Crippen LogP contribution in [-0.2, 0) is 11.2 Å². The zero-order valence-corrected chi connectivity index (χ0v) is 13.5. The molecule has 22 heavy (non-hydrogen) atoms. The Morgan fingerprint density at radius 1 is 1.09 bits per heavy atom. The molecule has 1 aromatic rings. The molecular formula is C19H26O3. The Kier molecular flexibility index (Phi) is 4.16. The van der Waals surface area contributed by atoms with Gasteiger partial charge in [0.25, 0.3) is 0 Å². The standard InChI is InChI=1S/C19H26O3/c1-11(14-4-5-14)16-9-13(3-8-18(20)21)10-17(19(16)22)12(2)15-6-7-15/h9-12,14-15,22H,3-8H2,1-2H3,(H,20,21). The molecule has 1 aromatic carbocycles. The summed E-state index contributed by atoms with van der Waals surface area (Å²) in [5.41, 5.74) is 3.13. The smallest absolute Gasteiger partial charge is 0.303 e. The van der Waals surface area contributed by atoms with Crippen LogP contribution in [0.3, 0.4) is 0 Å². The topological polar surface area (TPSA) is 57.5 Å². The molecule has 0 radical (unpaired) electrons. The van der Waals surface area contributed by atoms with Crippen molar-refractivity contribution in [1.82, 2.24) is 0 Å². The average molecular weight is 302 g/mol. The van der Waals surface area contributed by atoms with Crippen LogP contribution in [0.4, 0.5) is 0 Å². The summed E-state index contributed by atoms with van der Waals surface area (Å²) in [6.07, 6.45) is 5.67. The SMILES string of the molecule is CC(c1cc(CCC(=O)O)cc(C(C)C2CC2)c1O)C1CC1. The monoisotopic (exact) mass is 302 g/mol. The number of benzene rings is 1. The molecule has 3 heteroatoms. The van der Waals surface area contributed by atoms with E-state index in [1.54, 1.807) is 0 Å². The maximum atomic E-state index is 10.9. The molecule has 3 nitrogen and oxygen atoms in total. The average Bonchev–Trinajstić information content (AvgIpc) is 3.37. The highest BCUT2D eigenvalue weighted by atomic mass is 16.4. The molecule has 0 heterocycles. The summed E-state index contributed by atoms with van der Waals surface area (Å²) in [4.78, 5) is 10.9. The van der Waals surface area contributed by atoms with Crippen LogP contribution in [0.15, 0.2) is 12.1 Å². The summed E-state index contributed by atoms with van der Waals surface area (Å²) in [5, 5.41) is 19.7. The van der Waals surface area contributed by atoms with Gasteiger partial charge < -0.3 is 10.2 Å². The fourth-order valence-corrected chi connectivity index (χ4v) is 3.53. The molecule has 2 atom stereocenters. The minimum atomic E-state index is -0.762. The second-order valence-electron chi connectivity index (χ2n) is 7.27. The number of phenolic OH excluding ortho intramolecular Hbond substituents is 1. The molecule has 2 N–H and O–H groups in total. The van der Waals surface area contributed by atoms with E-state index in [1.165, 1.54) is 25.7 Å². The van der Waals surface area contributed by atoms with Crippen LogP contribution in [0.2, 0.25) is 0 Å². The van der Waals surface area contributed by atoms with Crippen molar-refractivity contribution in [3.8, 4) is 5.75 Å². The number of carboxylic acid groups (broad SMARTS) is 1. The van der Waals surface area contributed by atoms with Crippen LogP contribution >= 0.6 is 0 Å². The third kappa shape index (κ3) is 3.29. The van der Waals surface area contributed by atoms with E-state index in [0.29, 0.717) is 35.8 Å². The Morgan fingerprint density at radius 2 is 1.55 bits per heavy atom. The first-order chi connectivity index (χ1) is 10.5. The molecule has 3 rings (SSSR count). The van der Waals surface area contributed by atoms with E-state index in [4.69, 9.17) is 5.11 Å². The molecule has 0 saturated heterocycles. The summed E-state index contributed by atoms with van der Waals surface area (Å²) in [6.45, 7) is 4.39. The van der Waals surface area contributed by atoms with Crippen LogP contribution in [0.25, 0.3) is 0 Å². The van der Waals surface area contributed by atoms with Gasteiger partial charge >= 0.3 is 5.97 Å². The molecule has 0 bridgehead atoms. The van der Waals surface area contributed by atoms with Crippen molar-refractivity contribution in [2.75, 3.05) is 0 Å². The highest BCUT2D eigenvalue weighted by Crippen LogP contribution is 2.49. The Labute approximate surface area is 132 Å². The number of aromatic hydroxyl groups is 1. The molecule has 0 aliphatic heterocycles. The van der Waals surface area contributed by atoms with Crippen molar-refractivity contribution < 1.29 is 15.0 Å². The second-order valence-corrected chi connectivity index (χ2v) is 7.27. The number of hydrogen-bond donors (Lipinski definition) is 2. The van der Waals surface area contributed by atoms with Crippen LogP contribution in [0, 0.1) is 11.8 Å². The summed E-state index contributed by atoms with van der Waals surface area (Å²) < 4.78 is 0. The van der Waals surface area contributed by atoms with Gasteiger partial charge in [0.15, 0.2) is 0 Å². The quantitative estimate of drug-likeness (QED) is 0.783. The van der Waals surface area contributed by atoms with Crippen molar-refractivity contribution in [1.29, 1.82) is 0 Å². The molecule has 0 amide bonds. The second kappa shape index (κ2) is 5.94. The Hall–Kier alpha value is -1.51. The molecule has 2 unspecified atom stereocenters. The van der Waals surface area contributed by atoms with Gasteiger partial charge in [-0.2, -0.15) is 0 Å². The first-order valence-electron chi connectivity index (χ1n) is 8.54. The van der Waals surface area contributed by atoms with Gasteiger partial charge in [-0.1, -0.05) is 26.0 Å². The number of aryl methyl sites for hydroxylation is 1. The minimum absolute atomic E-state index is 0.152. The van der Waals surface area contributed by atoms with Gasteiger partial charge in [-0.25, -0.2) is 0 Å². The summed E-state index contributed by atoms with van der Waals surface area (Å²) in [7, 11) is 0. The lowest BCUT2D eigenvalue weighted by Gasteiger charge is -2.21. The van der Waals surface area contributed by atoms with Crippen molar-refractivity contribution >= 4 is 5.97 Å². The van der Waals surface area contributed by atoms with Crippen LogP contribution in [0.5, 0.6) is 5.75 Å². The van der Waals surface area contributed by atoms with Gasteiger partial charge in [-0.15, -0.1) is 0 Å². The van der Waals surface area contributed by atoms with E-state index in [-0.39, 0.29) is 6.42 Å². The van der Waals surface area contributed by atoms with Gasteiger partial charge in [0.2, 0.25) is 0 Å². The maximum absolute atomic E-state index is 10.9. The van der Waals surface area contributed by atoms with E-state index in [2.05, 4.69) is 13.8 Å². The largest absolute Gasteiger partial charge is 0.507 e. The van der Waals surface area contributed by atoms with E-state index < -0.39 is 5.97 Å². The fraction of sp³-hybridized carbons (Fsp3) is 0.632. The summed E-state index contributed by atoms with van der Waals surface area (Å²) >= 11 is 0. The zero-order valence-electron chi connectivity index (χ0n) is 13.5. The molecule has 2 aliphatic rings. The highest BCUT2D eigenvalue weighted by Gasteiger charge is 2.34. The van der Waals surface area contributed by atoms with Crippen LogP contribution < -0.4 is 0 Å². The molecule has 120 valence electrons. The van der Waals surface area contributed by atoms with Gasteiger partial charge in [0.05, 0.1) is 0 Å². The maximum Gasteiger partial charge on any atom is 0.303 e. The first-order valence-corrected chi connectivity index (χ1v) is 8.54. The van der Waals surface area contributed by atoms with E-state index in [0.717, 1.165) is 16.7 Å².